The minimum absolute atomic E-state index is 0.746. The molecule has 0 saturated heterocycles. The van der Waals surface area contributed by atoms with Gasteiger partial charge < -0.3 is 0 Å². The number of rotatable bonds is 5. The normalized spacial score (nSPS) is 13.4. The summed E-state index contributed by atoms with van der Waals surface area (Å²) < 4.78 is 0. The van der Waals surface area contributed by atoms with E-state index in [1.165, 1.54) is 34.5 Å². The zero-order valence-corrected chi connectivity index (χ0v) is 16.7. The van der Waals surface area contributed by atoms with E-state index in [-0.39, 0.29) is 0 Å². The first kappa shape index (κ1) is 18.0. The predicted molar refractivity (Wildman–Crippen MR) is 115 cm³/mol. The Morgan fingerprint density at radius 1 is 1.11 bits per heavy atom. The SMILES string of the molecule is N#Cc1c(SC/C=C/c2ccccc2)nc2c(c1-c1cccs1)CCCC2. The van der Waals surface area contributed by atoms with Crippen molar-refractivity contribution in [2.45, 2.75) is 30.7 Å². The summed E-state index contributed by atoms with van der Waals surface area (Å²) in [6, 6.07) is 16.9. The van der Waals surface area contributed by atoms with Crippen molar-refractivity contribution in [2.75, 3.05) is 5.75 Å². The Morgan fingerprint density at radius 3 is 2.74 bits per heavy atom. The Morgan fingerprint density at radius 2 is 1.96 bits per heavy atom. The molecule has 0 bridgehead atoms. The van der Waals surface area contributed by atoms with Crippen molar-refractivity contribution in [3.05, 3.63) is 76.3 Å². The van der Waals surface area contributed by atoms with Crippen LogP contribution in [0.4, 0.5) is 0 Å². The van der Waals surface area contributed by atoms with Gasteiger partial charge in [-0.25, -0.2) is 4.98 Å². The minimum Gasteiger partial charge on any atom is -0.245 e. The quantitative estimate of drug-likeness (QED) is 0.477. The molecular formula is C23H20N2S2. The smallest absolute Gasteiger partial charge is 0.115 e. The highest BCUT2D eigenvalue weighted by molar-refractivity contribution is 7.99. The lowest BCUT2D eigenvalue weighted by atomic mass is 9.89. The van der Waals surface area contributed by atoms with Crippen LogP contribution in [0.25, 0.3) is 16.5 Å². The van der Waals surface area contributed by atoms with Gasteiger partial charge in [0, 0.05) is 21.9 Å². The van der Waals surface area contributed by atoms with Crippen LogP contribution >= 0.6 is 23.1 Å². The highest BCUT2D eigenvalue weighted by Gasteiger charge is 2.23. The molecular weight excluding hydrogens is 368 g/mol. The molecule has 3 aromatic rings. The maximum Gasteiger partial charge on any atom is 0.115 e. The van der Waals surface area contributed by atoms with Crippen molar-refractivity contribution < 1.29 is 0 Å². The highest BCUT2D eigenvalue weighted by atomic mass is 32.2. The monoisotopic (exact) mass is 388 g/mol. The number of thioether (sulfide) groups is 1. The summed E-state index contributed by atoms with van der Waals surface area (Å²) >= 11 is 3.37. The second-order valence-electron chi connectivity index (χ2n) is 6.51. The van der Waals surface area contributed by atoms with E-state index in [1.807, 2.05) is 18.2 Å². The number of pyridine rings is 1. The van der Waals surface area contributed by atoms with Gasteiger partial charge in [-0.15, -0.1) is 23.1 Å². The van der Waals surface area contributed by atoms with Gasteiger partial charge in [0.05, 0.1) is 5.56 Å². The molecule has 2 nitrogen and oxygen atoms in total. The van der Waals surface area contributed by atoms with Crippen molar-refractivity contribution in [1.82, 2.24) is 4.98 Å². The third-order valence-electron chi connectivity index (χ3n) is 4.75. The lowest BCUT2D eigenvalue weighted by molar-refractivity contribution is 0.661. The number of aromatic nitrogens is 1. The number of thiophene rings is 1. The Labute approximate surface area is 168 Å². The zero-order chi connectivity index (χ0) is 18.5. The number of fused-ring (bicyclic) bond motifs is 1. The van der Waals surface area contributed by atoms with Gasteiger partial charge in [0.15, 0.2) is 0 Å². The average Bonchev–Trinajstić information content (AvgIpc) is 3.25. The van der Waals surface area contributed by atoms with Crippen LogP contribution in [0, 0.1) is 11.3 Å². The minimum atomic E-state index is 0.746. The molecule has 1 aliphatic carbocycles. The van der Waals surface area contributed by atoms with Crippen LogP contribution in [-0.4, -0.2) is 10.7 Å². The van der Waals surface area contributed by atoms with Crippen LogP contribution in [0.5, 0.6) is 0 Å². The van der Waals surface area contributed by atoms with Crippen LogP contribution in [0.15, 0.2) is 58.9 Å². The molecule has 4 rings (SSSR count). The molecule has 0 atom stereocenters. The Kier molecular flexibility index (Phi) is 5.72. The molecule has 0 fully saturated rings. The molecule has 2 heterocycles. The van der Waals surface area contributed by atoms with E-state index in [0.29, 0.717) is 0 Å². The van der Waals surface area contributed by atoms with Gasteiger partial charge in [0.2, 0.25) is 0 Å². The number of hydrogen-bond acceptors (Lipinski definition) is 4. The van der Waals surface area contributed by atoms with Gasteiger partial charge >= 0.3 is 0 Å². The number of nitriles is 1. The number of aryl methyl sites for hydroxylation is 1. The van der Waals surface area contributed by atoms with Gasteiger partial charge in [0.25, 0.3) is 0 Å². The van der Waals surface area contributed by atoms with Crippen LogP contribution in [-0.2, 0) is 12.8 Å². The summed E-state index contributed by atoms with van der Waals surface area (Å²) in [4.78, 5) is 6.10. The Balaban J connectivity index is 1.65. The lowest BCUT2D eigenvalue weighted by Crippen LogP contribution is -2.10. The van der Waals surface area contributed by atoms with Gasteiger partial charge in [-0.05, 0) is 48.3 Å². The Bertz CT molecular complexity index is 983. The molecule has 134 valence electrons. The van der Waals surface area contributed by atoms with E-state index in [4.69, 9.17) is 4.98 Å². The van der Waals surface area contributed by atoms with Crippen molar-refractivity contribution in [2.24, 2.45) is 0 Å². The summed E-state index contributed by atoms with van der Waals surface area (Å²) in [6.45, 7) is 0. The van der Waals surface area contributed by atoms with Crippen LogP contribution < -0.4 is 0 Å². The molecule has 0 amide bonds. The van der Waals surface area contributed by atoms with E-state index in [9.17, 15) is 5.26 Å². The van der Waals surface area contributed by atoms with Crippen molar-refractivity contribution >= 4 is 29.2 Å². The van der Waals surface area contributed by atoms with Crippen molar-refractivity contribution in [1.29, 1.82) is 5.26 Å². The maximum atomic E-state index is 9.92. The molecule has 0 aliphatic heterocycles. The molecule has 0 radical (unpaired) electrons. The van der Waals surface area contributed by atoms with Gasteiger partial charge in [-0.3, -0.25) is 0 Å². The standard InChI is InChI=1S/C23H20N2S2/c24-16-19-22(21-13-7-14-26-21)18-11-4-5-12-20(18)25-23(19)27-15-6-10-17-8-2-1-3-9-17/h1-3,6-10,13-14H,4-5,11-12,15H2/b10-6+. The maximum absolute atomic E-state index is 9.92. The summed E-state index contributed by atoms with van der Waals surface area (Å²) in [5, 5.41) is 12.9. The third kappa shape index (κ3) is 4.00. The molecule has 0 N–H and O–H groups in total. The van der Waals surface area contributed by atoms with Crippen molar-refractivity contribution in [3.8, 4) is 16.5 Å². The number of hydrogen-bond donors (Lipinski definition) is 0. The second kappa shape index (κ2) is 8.56. The van der Waals surface area contributed by atoms with Crippen LogP contribution in [0.3, 0.4) is 0 Å². The van der Waals surface area contributed by atoms with Gasteiger partial charge in [0.1, 0.15) is 11.1 Å². The molecule has 27 heavy (non-hydrogen) atoms. The van der Waals surface area contributed by atoms with Gasteiger partial charge in [-0.1, -0.05) is 48.6 Å². The first-order chi connectivity index (χ1) is 13.4. The van der Waals surface area contributed by atoms with Gasteiger partial charge in [-0.2, -0.15) is 5.26 Å². The second-order valence-corrected chi connectivity index (χ2v) is 8.47. The fraction of sp³-hybridized carbons (Fsp3) is 0.217. The summed E-state index contributed by atoms with van der Waals surface area (Å²) in [5.41, 5.74) is 5.56. The summed E-state index contributed by atoms with van der Waals surface area (Å²) in [6.07, 6.45) is 8.69. The fourth-order valence-electron chi connectivity index (χ4n) is 3.49. The topological polar surface area (TPSA) is 36.7 Å². The summed E-state index contributed by atoms with van der Waals surface area (Å²) in [5.74, 6) is 0.805. The lowest BCUT2D eigenvalue weighted by Gasteiger charge is -2.21. The zero-order valence-electron chi connectivity index (χ0n) is 15.0. The van der Waals surface area contributed by atoms with E-state index < -0.39 is 0 Å². The van der Waals surface area contributed by atoms with Crippen molar-refractivity contribution in [3.63, 3.8) is 0 Å². The van der Waals surface area contributed by atoms with Crippen LogP contribution in [0.2, 0.25) is 0 Å². The van der Waals surface area contributed by atoms with E-state index in [0.717, 1.165) is 34.7 Å². The molecule has 0 spiro atoms. The molecule has 0 unspecified atom stereocenters. The predicted octanol–water partition coefficient (Wildman–Crippen LogP) is 6.37. The first-order valence-electron chi connectivity index (χ1n) is 9.21. The van der Waals surface area contributed by atoms with Crippen LogP contribution in [0.1, 0.15) is 35.2 Å². The summed E-state index contributed by atoms with van der Waals surface area (Å²) in [7, 11) is 0. The fourth-order valence-corrected chi connectivity index (χ4v) is 5.12. The number of benzene rings is 1. The molecule has 0 saturated carbocycles. The highest BCUT2D eigenvalue weighted by Crippen LogP contribution is 2.39. The number of nitrogens with zero attached hydrogens (tertiary/aromatic N) is 2. The van der Waals surface area contributed by atoms with E-state index >= 15 is 0 Å². The molecule has 2 aromatic heterocycles. The molecule has 4 heteroatoms. The largest absolute Gasteiger partial charge is 0.245 e. The molecule has 1 aromatic carbocycles. The van der Waals surface area contributed by atoms with E-state index in [2.05, 4.69) is 47.9 Å². The van der Waals surface area contributed by atoms with E-state index in [1.54, 1.807) is 23.1 Å². The average molecular weight is 389 g/mol. The molecule has 1 aliphatic rings. The first-order valence-corrected chi connectivity index (χ1v) is 11.1. The third-order valence-corrected chi connectivity index (χ3v) is 6.56. The Hall–Kier alpha value is -2.35.